The van der Waals surface area contributed by atoms with Crippen LogP contribution in [0.15, 0.2) is 84.1 Å². The van der Waals surface area contributed by atoms with Gasteiger partial charge in [0.05, 0.1) is 12.8 Å². The summed E-state index contributed by atoms with van der Waals surface area (Å²) in [5.41, 5.74) is 7.61. The van der Waals surface area contributed by atoms with Gasteiger partial charge in [-0.2, -0.15) is 10.2 Å². The van der Waals surface area contributed by atoms with Crippen LogP contribution in [0.2, 0.25) is 0 Å². The molecular weight excluding hydrogens is 390 g/mol. The molecule has 152 valence electrons. The summed E-state index contributed by atoms with van der Waals surface area (Å²) in [5.74, 6) is 0.781. The highest BCUT2D eigenvalue weighted by molar-refractivity contribution is 5.75. The van der Waals surface area contributed by atoms with Gasteiger partial charge in [0, 0.05) is 18.7 Å². The lowest BCUT2D eigenvalue weighted by atomic mass is 10.1. The van der Waals surface area contributed by atoms with E-state index in [9.17, 15) is 0 Å². The smallest absolute Gasteiger partial charge is 0.350 e. The van der Waals surface area contributed by atoms with E-state index in [-0.39, 0.29) is 0 Å². The largest absolute Gasteiger partial charge is 0.497 e. The molecule has 0 radical (unpaired) electrons. The van der Waals surface area contributed by atoms with Crippen LogP contribution >= 0.6 is 0 Å². The van der Waals surface area contributed by atoms with Crippen molar-refractivity contribution in [3.63, 3.8) is 0 Å². The number of nitrogens with zero attached hydrogens (tertiary/aromatic N) is 6. The Kier molecular flexibility index (Phi) is 4.72. The van der Waals surface area contributed by atoms with Gasteiger partial charge in [-0.25, -0.2) is 4.68 Å². The molecule has 0 saturated heterocycles. The van der Waals surface area contributed by atoms with Crippen molar-refractivity contribution in [1.82, 2.24) is 19.9 Å². The van der Waals surface area contributed by atoms with Crippen molar-refractivity contribution in [2.75, 3.05) is 12.5 Å². The van der Waals surface area contributed by atoms with E-state index >= 15 is 0 Å². The molecule has 1 N–H and O–H groups in total. The van der Waals surface area contributed by atoms with E-state index in [0.29, 0.717) is 22.2 Å². The van der Waals surface area contributed by atoms with Crippen molar-refractivity contribution in [3.05, 3.63) is 84.4 Å². The van der Waals surface area contributed by atoms with Crippen molar-refractivity contribution in [3.8, 4) is 17.0 Å². The van der Waals surface area contributed by atoms with E-state index in [4.69, 9.17) is 25.0 Å². The van der Waals surface area contributed by atoms with Crippen LogP contribution in [0.5, 0.6) is 5.75 Å². The number of fused-ring (bicyclic) bond motifs is 2. The third-order valence-corrected chi connectivity index (χ3v) is 4.90. The minimum Gasteiger partial charge on any atom is -0.497 e. The van der Waals surface area contributed by atoms with Crippen LogP contribution in [-0.2, 0) is 7.05 Å². The topological polar surface area (TPSA) is 81.3 Å². The number of pyridine rings is 1. The first-order valence-electron chi connectivity index (χ1n) is 9.78. The number of methoxy groups -OCH3 is 1. The molecule has 0 unspecified atom stereocenters. The van der Waals surface area contributed by atoms with Crippen molar-refractivity contribution in [2.45, 2.75) is 0 Å². The van der Waals surface area contributed by atoms with E-state index in [2.05, 4.69) is 5.43 Å². The number of aryl methyl sites for hydroxylation is 1. The van der Waals surface area contributed by atoms with Crippen LogP contribution in [0.4, 0.5) is 5.69 Å². The molecule has 8 heteroatoms. The molecule has 5 aromatic rings. The molecule has 31 heavy (non-hydrogen) atoms. The van der Waals surface area contributed by atoms with Gasteiger partial charge in [-0.05, 0) is 35.3 Å². The molecule has 0 aliphatic rings. The fraction of sp³-hybridized carbons (Fsp3) is 0.0870. The number of hydrogen-bond acceptors (Lipinski definition) is 6. The highest BCUT2D eigenvalue weighted by Crippen LogP contribution is 2.17. The molecular formula is C23H20N7O+. The predicted octanol–water partition coefficient (Wildman–Crippen LogP) is 2.71. The average molecular weight is 410 g/mol. The van der Waals surface area contributed by atoms with E-state index < -0.39 is 0 Å². The van der Waals surface area contributed by atoms with Gasteiger partial charge in [0.15, 0.2) is 0 Å². The summed E-state index contributed by atoms with van der Waals surface area (Å²) < 4.78 is 8.71. The molecule has 3 aromatic heterocycles. The van der Waals surface area contributed by atoms with E-state index in [1.54, 1.807) is 16.3 Å². The summed E-state index contributed by atoms with van der Waals surface area (Å²) in [4.78, 5) is 4.75. The zero-order valence-corrected chi connectivity index (χ0v) is 17.1. The maximum absolute atomic E-state index is 5.23. The summed E-state index contributed by atoms with van der Waals surface area (Å²) >= 11 is 0. The molecule has 0 bridgehead atoms. The van der Waals surface area contributed by atoms with Gasteiger partial charge in [-0.3, -0.25) is 5.43 Å². The van der Waals surface area contributed by atoms with Gasteiger partial charge in [0.1, 0.15) is 23.0 Å². The van der Waals surface area contributed by atoms with Crippen molar-refractivity contribution in [2.24, 2.45) is 12.1 Å². The molecule has 0 aliphatic heterocycles. The molecule has 0 aliphatic carbocycles. The molecule has 8 nitrogen and oxygen atoms in total. The Morgan fingerprint density at radius 3 is 2.52 bits per heavy atom. The number of nitrogens with one attached hydrogen (secondary N) is 1. The number of ether oxygens (including phenoxy) is 1. The number of aromatic nitrogens is 5. The van der Waals surface area contributed by atoms with Crippen molar-refractivity contribution in [1.29, 1.82) is 0 Å². The molecule has 0 amide bonds. The summed E-state index contributed by atoms with van der Waals surface area (Å²) in [7, 11) is 3.50. The van der Waals surface area contributed by atoms with Gasteiger partial charge in [-0.15, -0.1) is 4.52 Å². The van der Waals surface area contributed by atoms with Crippen LogP contribution in [0, 0.1) is 0 Å². The third kappa shape index (κ3) is 3.55. The lowest BCUT2D eigenvalue weighted by Crippen LogP contribution is -2.31. The minimum absolute atomic E-state index is 0.612. The van der Waals surface area contributed by atoms with E-state index in [1.807, 2.05) is 86.0 Å². The summed E-state index contributed by atoms with van der Waals surface area (Å²) in [6, 6.07) is 23.2. The fourth-order valence-corrected chi connectivity index (χ4v) is 3.33. The lowest BCUT2D eigenvalue weighted by Gasteiger charge is -2.07. The first-order chi connectivity index (χ1) is 15.2. The minimum atomic E-state index is 0.612. The Morgan fingerprint density at radius 1 is 0.968 bits per heavy atom. The standard InChI is InChI=1S/C23H20N7O/c1-29-23-22(28-30-15-7-6-10-19(30)24-23)21(20(27-29)16-8-4-3-5-9-16)26-25-17-11-13-18(31-2)14-12-17/h3-15,25H,1-2H3/q+1. The highest BCUT2D eigenvalue weighted by Gasteiger charge is 2.18. The van der Waals surface area contributed by atoms with Crippen LogP contribution in [-0.4, -0.2) is 27.0 Å². The number of rotatable bonds is 4. The monoisotopic (exact) mass is 410 g/mol. The van der Waals surface area contributed by atoms with Crippen LogP contribution in [0.3, 0.4) is 0 Å². The maximum atomic E-state index is 5.23. The van der Waals surface area contributed by atoms with Gasteiger partial charge in [-0.1, -0.05) is 41.5 Å². The maximum Gasteiger partial charge on any atom is 0.350 e. The molecule has 0 atom stereocenters. The van der Waals surface area contributed by atoms with Gasteiger partial charge in [0.25, 0.3) is 5.65 Å². The third-order valence-electron chi connectivity index (χ3n) is 4.90. The zero-order valence-electron chi connectivity index (χ0n) is 17.1. The zero-order chi connectivity index (χ0) is 21.2. The first-order valence-corrected chi connectivity index (χ1v) is 9.78. The molecule has 5 rings (SSSR count). The van der Waals surface area contributed by atoms with Crippen molar-refractivity contribution < 1.29 is 9.25 Å². The second kappa shape index (κ2) is 7.83. The molecule has 0 fully saturated rings. The quantitative estimate of drug-likeness (QED) is 0.280. The Hall–Kier alpha value is -4.33. The number of anilines is 1. The molecule has 3 heterocycles. The van der Waals surface area contributed by atoms with E-state index in [0.717, 1.165) is 22.6 Å². The van der Waals surface area contributed by atoms with E-state index in [1.165, 1.54) is 0 Å². The first kappa shape index (κ1) is 18.7. The Bertz CT molecular complexity index is 1440. The van der Waals surface area contributed by atoms with Crippen LogP contribution < -0.4 is 20.0 Å². The number of benzene rings is 2. The van der Waals surface area contributed by atoms with Gasteiger partial charge < -0.3 is 4.74 Å². The van der Waals surface area contributed by atoms with Crippen LogP contribution in [0.1, 0.15) is 0 Å². The second-order valence-electron chi connectivity index (χ2n) is 6.93. The number of hydrogen-bond donors (Lipinski definition) is 1. The van der Waals surface area contributed by atoms with Gasteiger partial charge >= 0.3 is 5.65 Å². The SMILES string of the molecule is COc1ccc(NN=c2c(-c3ccccc3)nn(C)c3nc4cccc[n+]4nc23)cc1. The molecule has 0 spiro atoms. The summed E-state index contributed by atoms with van der Waals surface area (Å²) in [5, 5.41) is 14.9. The van der Waals surface area contributed by atoms with Gasteiger partial charge in [0.2, 0.25) is 5.52 Å². The average Bonchev–Trinajstić information content (AvgIpc) is 2.83. The second-order valence-corrected chi connectivity index (χ2v) is 6.93. The van der Waals surface area contributed by atoms with Crippen LogP contribution in [0.25, 0.3) is 28.1 Å². The Morgan fingerprint density at radius 2 is 1.74 bits per heavy atom. The molecule has 0 saturated carbocycles. The summed E-state index contributed by atoms with van der Waals surface area (Å²) in [6.45, 7) is 0. The molecule has 2 aromatic carbocycles. The fourth-order valence-electron chi connectivity index (χ4n) is 3.33. The Labute approximate surface area is 178 Å². The lowest BCUT2D eigenvalue weighted by molar-refractivity contribution is -0.580. The Balaban J connectivity index is 1.77. The predicted molar refractivity (Wildman–Crippen MR) is 117 cm³/mol. The summed E-state index contributed by atoms with van der Waals surface area (Å²) in [6.07, 6.45) is 1.87. The highest BCUT2D eigenvalue weighted by atomic mass is 16.5. The normalized spacial score (nSPS) is 11.7. The van der Waals surface area contributed by atoms with Crippen molar-refractivity contribution >= 4 is 22.5 Å².